The number of fused-ring (bicyclic) bond motifs is 2. The minimum atomic E-state index is -0.522. The normalized spacial score (nSPS) is 44.4. The van der Waals surface area contributed by atoms with Crippen molar-refractivity contribution in [2.45, 2.75) is 43.1 Å². The van der Waals surface area contributed by atoms with Crippen LogP contribution < -0.4 is 0 Å². The molecule has 1 aliphatic carbocycles. The Labute approximate surface area is 111 Å². The second kappa shape index (κ2) is 3.91. The van der Waals surface area contributed by atoms with Gasteiger partial charge in [0.15, 0.2) is 5.60 Å². The molecule has 0 amide bonds. The van der Waals surface area contributed by atoms with E-state index in [0.717, 1.165) is 31.4 Å². The smallest absolute Gasteiger partial charge is 0.332 e. The van der Waals surface area contributed by atoms with Crippen molar-refractivity contribution in [2.24, 2.45) is 0 Å². The lowest BCUT2D eigenvalue weighted by atomic mass is 9.74. The number of hydrogen-bond acceptors (Lipinski definition) is 5. The predicted molar refractivity (Wildman–Crippen MR) is 66.1 cm³/mol. The molecule has 2 saturated heterocycles. The van der Waals surface area contributed by atoms with Crippen LogP contribution in [0.2, 0.25) is 0 Å². The molecule has 19 heavy (non-hydrogen) atoms. The molecule has 0 N–H and O–H groups in total. The summed E-state index contributed by atoms with van der Waals surface area (Å²) in [7, 11) is 1.74. The van der Waals surface area contributed by atoms with Crippen molar-refractivity contribution in [3.8, 4) is 0 Å². The minimum Gasteiger partial charge on any atom is -0.449 e. The fraction of sp³-hybridized carbons (Fsp3) is 0.643. The van der Waals surface area contributed by atoms with E-state index in [9.17, 15) is 4.79 Å². The van der Waals surface area contributed by atoms with Gasteiger partial charge in [-0.3, -0.25) is 4.84 Å². The third-order valence-corrected chi connectivity index (χ3v) is 4.69. The molecule has 3 heterocycles. The molecule has 0 aromatic carbocycles. The van der Waals surface area contributed by atoms with E-state index in [1.807, 2.05) is 17.2 Å². The molecule has 0 unspecified atom stereocenters. The van der Waals surface area contributed by atoms with E-state index >= 15 is 0 Å². The zero-order valence-electron chi connectivity index (χ0n) is 10.9. The summed E-state index contributed by atoms with van der Waals surface area (Å²) in [5.74, 6) is -0.235. The van der Waals surface area contributed by atoms with E-state index in [2.05, 4.69) is 0 Å². The molecule has 2 fully saturated rings. The highest BCUT2D eigenvalue weighted by Crippen LogP contribution is 2.48. The van der Waals surface area contributed by atoms with Crippen LogP contribution in [0, 0.1) is 0 Å². The number of rotatable bonds is 1. The maximum atomic E-state index is 11.7. The predicted octanol–water partition coefficient (Wildman–Crippen LogP) is 0.961. The van der Waals surface area contributed by atoms with Crippen molar-refractivity contribution in [3.63, 3.8) is 0 Å². The van der Waals surface area contributed by atoms with Gasteiger partial charge in [-0.2, -0.15) is 5.06 Å². The van der Waals surface area contributed by atoms with Crippen LogP contribution in [0.4, 0.5) is 0 Å². The maximum Gasteiger partial charge on any atom is 0.332 e. The number of methoxy groups -OCH3 is 1. The Morgan fingerprint density at radius 3 is 3.26 bits per heavy atom. The van der Waals surface area contributed by atoms with Crippen LogP contribution in [0.5, 0.6) is 0 Å². The largest absolute Gasteiger partial charge is 0.449 e. The van der Waals surface area contributed by atoms with E-state index in [1.54, 1.807) is 13.2 Å². The molecule has 0 aromatic rings. The minimum absolute atomic E-state index is 0.0124. The first-order chi connectivity index (χ1) is 9.21. The zero-order chi connectivity index (χ0) is 13.0. The van der Waals surface area contributed by atoms with Gasteiger partial charge in [0.05, 0.1) is 12.1 Å². The summed E-state index contributed by atoms with van der Waals surface area (Å²) in [6.45, 7) is 0.820. The van der Waals surface area contributed by atoms with Gasteiger partial charge in [0.25, 0.3) is 0 Å². The van der Waals surface area contributed by atoms with Crippen LogP contribution in [0.15, 0.2) is 23.8 Å². The Hall–Kier alpha value is -1.17. The third-order valence-electron chi connectivity index (χ3n) is 4.69. The number of piperidine rings is 1. The van der Waals surface area contributed by atoms with Crippen molar-refractivity contribution in [1.29, 1.82) is 0 Å². The summed E-state index contributed by atoms with van der Waals surface area (Å²) in [6, 6.07) is 0.0603. The number of hydrogen-bond donors (Lipinski definition) is 0. The summed E-state index contributed by atoms with van der Waals surface area (Å²) >= 11 is 0. The highest BCUT2D eigenvalue weighted by molar-refractivity contribution is 5.88. The van der Waals surface area contributed by atoms with Gasteiger partial charge in [0.2, 0.25) is 0 Å². The zero-order valence-corrected chi connectivity index (χ0v) is 10.9. The second-order valence-electron chi connectivity index (χ2n) is 5.66. The van der Waals surface area contributed by atoms with Gasteiger partial charge in [-0.1, -0.05) is 12.2 Å². The van der Waals surface area contributed by atoms with Gasteiger partial charge in [0, 0.05) is 31.7 Å². The lowest BCUT2D eigenvalue weighted by molar-refractivity contribution is -0.299. The molecule has 102 valence electrons. The number of hydroxylamine groups is 2. The number of ether oxygens (including phenoxy) is 2. The van der Waals surface area contributed by atoms with E-state index in [4.69, 9.17) is 14.3 Å². The van der Waals surface area contributed by atoms with Gasteiger partial charge in [-0.15, -0.1) is 0 Å². The van der Waals surface area contributed by atoms with Crippen LogP contribution in [0.3, 0.4) is 0 Å². The Kier molecular flexibility index (Phi) is 2.40. The van der Waals surface area contributed by atoms with Gasteiger partial charge in [-0.05, 0) is 12.8 Å². The lowest BCUT2D eigenvalue weighted by Crippen LogP contribution is -2.64. The van der Waals surface area contributed by atoms with Gasteiger partial charge < -0.3 is 9.47 Å². The molecule has 4 aliphatic rings. The fourth-order valence-corrected chi connectivity index (χ4v) is 3.76. The summed E-state index contributed by atoms with van der Waals surface area (Å²) in [5.41, 5.74) is 0.468. The first kappa shape index (κ1) is 11.6. The highest BCUT2D eigenvalue weighted by Gasteiger charge is 2.58. The number of carbonyl (C=O) groups excluding carboxylic acids is 1. The Balaban J connectivity index is 1.74. The monoisotopic (exact) mass is 263 g/mol. The molecule has 4 rings (SSSR count). The molecule has 5 heteroatoms. The summed E-state index contributed by atoms with van der Waals surface area (Å²) in [6.07, 6.45) is 8.34. The molecule has 3 aliphatic heterocycles. The molecule has 2 bridgehead atoms. The third kappa shape index (κ3) is 1.55. The molecular formula is C14H17NO4. The van der Waals surface area contributed by atoms with Gasteiger partial charge >= 0.3 is 5.97 Å². The Morgan fingerprint density at radius 2 is 2.42 bits per heavy atom. The highest BCUT2D eigenvalue weighted by atomic mass is 16.7. The van der Waals surface area contributed by atoms with Crippen LogP contribution in [0.1, 0.15) is 19.3 Å². The van der Waals surface area contributed by atoms with Gasteiger partial charge in [0.1, 0.15) is 6.10 Å². The second-order valence-corrected chi connectivity index (χ2v) is 5.66. The summed E-state index contributed by atoms with van der Waals surface area (Å²) in [5, 5.41) is 2.00. The lowest BCUT2D eigenvalue weighted by Gasteiger charge is -2.53. The van der Waals surface area contributed by atoms with Crippen LogP contribution in [0.25, 0.3) is 0 Å². The molecule has 4 atom stereocenters. The van der Waals surface area contributed by atoms with Crippen molar-refractivity contribution in [1.82, 2.24) is 5.06 Å². The SMILES string of the molecule is CO[C@H]1CCN2O[C@@H]3C=CC4=CC(=O)O[C@]4(C3)[C@@H]2C1. The average molecular weight is 263 g/mol. The molecule has 0 aromatic heterocycles. The van der Waals surface area contributed by atoms with E-state index in [-0.39, 0.29) is 24.2 Å². The topological polar surface area (TPSA) is 48.0 Å². The van der Waals surface area contributed by atoms with Crippen LogP contribution in [-0.4, -0.2) is 48.5 Å². The van der Waals surface area contributed by atoms with Crippen molar-refractivity contribution >= 4 is 5.97 Å². The standard InChI is InChI=1S/C14H17NO4/c1-17-10-4-5-15-12(7-10)14-8-11(19-15)3-2-9(14)6-13(16)18-14/h2-3,6,10-12H,4-5,7-8H2,1H3/t10-,11+,12-,14-/m0/s1. The molecule has 0 radical (unpaired) electrons. The van der Waals surface area contributed by atoms with Crippen LogP contribution in [-0.2, 0) is 19.1 Å². The number of nitrogens with zero attached hydrogens (tertiary/aromatic N) is 1. The van der Waals surface area contributed by atoms with Crippen molar-refractivity contribution in [3.05, 3.63) is 23.8 Å². The number of esters is 1. The molecule has 0 saturated carbocycles. The number of carbonyl (C=O) groups is 1. The Morgan fingerprint density at radius 1 is 1.53 bits per heavy atom. The first-order valence-corrected chi connectivity index (χ1v) is 6.81. The van der Waals surface area contributed by atoms with Crippen LogP contribution >= 0.6 is 0 Å². The van der Waals surface area contributed by atoms with Crippen molar-refractivity contribution in [2.75, 3.05) is 13.7 Å². The van der Waals surface area contributed by atoms with E-state index in [1.165, 1.54) is 0 Å². The summed E-state index contributed by atoms with van der Waals surface area (Å²) < 4.78 is 11.2. The average Bonchev–Trinajstić information content (AvgIpc) is 2.74. The first-order valence-electron chi connectivity index (χ1n) is 6.81. The fourth-order valence-electron chi connectivity index (χ4n) is 3.76. The summed E-state index contributed by atoms with van der Waals surface area (Å²) in [4.78, 5) is 17.7. The Bertz CT molecular complexity index is 486. The molecular weight excluding hydrogens is 246 g/mol. The van der Waals surface area contributed by atoms with E-state index < -0.39 is 5.60 Å². The molecule has 5 nitrogen and oxygen atoms in total. The molecule has 1 spiro atoms. The quantitative estimate of drug-likeness (QED) is 0.660. The van der Waals surface area contributed by atoms with Gasteiger partial charge in [-0.25, -0.2) is 4.79 Å². The van der Waals surface area contributed by atoms with Crippen molar-refractivity contribution < 1.29 is 19.1 Å². The van der Waals surface area contributed by atoms with E-state index in [0.29, 0.717) is 0 Å². The maximum absolute atomic E-state index is 11.7.